The highest BCUT2D eigenvalue weighted by atomic mass is 16.5. The molecule has 7 heteroatoms. The molecule has 0 bridgehead atoms. The van der Waals surface area contributed by atoms with E-state index in [2.05, 4.69) is 10.3 Å². The number of H-pyrrole nitrogens is 1. The molecule has 2 heterocycles. The van der Waals surface area contributed by atoms with Gasteiger partial charge in [-0.3, -0.25) is 4.79 Å². The molecule has 0 spiro atoms. The highest BCUT2D eigenvalue weighted by molar-refractivity contribution is 5.94. The van der Waals surface area contributed by atoms with Crippen LogP contribution < -0.4 is 10.1 Å². The van der Waals surface area contributed by atoms with Gasteiger partial charge in [-0.15, -0.1) is 0 Å². The molecule has 1 aromatic heterocycles. The maximum Gasteiger partial charge on any atom is 0.335 e. The van der Waals surface area contributed by atoms with E-state index in [1.165, 1.54) is 12.1 Å². The zero-order chi connectivity index (χ0) is 16.9. The van der Waals surface area contributed by atoms with E-state index < -0.39 is 5.97 Å². The number of nitrogens with one attached hydrogen (secondary N) is 2. The van der Waals surface area contributed by atoms with Crippen molar-refractivity contribution in [3.8, 4) is 5.75 Å². The van der Waals surface area contributed by atoms with Crippen LogP contribution in [0.2, 0.25) is 0 Å². The van der Waals surface area contributed by atoms with Gasteiger partial charge in [-0.25, -0.2) is 4.79 Å². The van der Waals surface area contributed by atoms with Crippen LogP contribution in [0.1, 0.15) is 27.1 Å². The van der Waals surface area contributed by atoms with Crippen molar-refractivity contribution in [3.63, 3.8) is 0 Å². The molecule has 0 aliphatic carbocycles. The molecule has 1 fully saturated rings. The third kappa shape index (κ3) is 3.75. The molecule has 3 rings (SSSR count). The van der Waals surface area contributed by atoms with E-state index >= 15 is 0 Å². The fraction of sp³-hybridized carbons (Fsp3) is 0.294. The number of rotatable bonds is 5. The number of carbonyl (C=O) groups excluding carboxylic acids is 1. The van der Waals surface area contributed by atoms with Crippen LogP contribution in [0.25, 0.3) is 0 Å². The number of amides is 1. The number of carboxylic acid groups (broad SMARTS) is 1. The lowest BCUT2D eigenvalue weighted by atomic mass is 10.1. The Hall–Kier alpha value is -2.80. The van der Waals surface area contributed by atoms with Crippen LogP contribution in [0.15, 0.2) is 42.7 Å². The molecule has 1 amide bonds. The summed E-state index contributed by atoms with van der Waals surface area (Å²) in [7, 11) is 0. The largest absolute Gasteiger partial charge is 0.488 e. The smallest absolute Gasteiger partial charge is 0.335 e. The Morgan fingerprint density at radius 2 is 2.00 bits per heavy atom. The maximum absolute atomic E-state index is 12.2. The number of ether oxygens (including phenoxy) is 2. The summed E-state index contributed by atoms with van der Waals surface area (Å²) in [5.74, 6) is -0.612. The van der Waals surface area contributed by atoms with E-state index in [4.69, 9.17) is 14.6 Å². The highest BCUT2D eigenvalue weighted by Crippen LogP contribution is 2.19. The van der Waals surface area contributed by atoms with E-state index in [0.717, 1.165) is 0 Å². The van der Waals surface area contributed by atoms with Crippen molar-refractivity contribution in [2.75, 3.05) is 13.2 Å². The van der Waals surface area contributed by atoms with Crippen LogP contribution in [-0.2, 0) is 4.74 Å². The molecule has 2 atom stereocenters. The van der Waals surface area contributed by atoms with Gasteiger partial charge in [-0.1, -0.05) is 0 Å². The fourth-order valence-electron chi connectivity index (χ4n) is 2.56. The number of hydrogen-bond donors (Lipinski definition) is 3. The third-order valence-corrected chi connectivity index (χ3v) is 3.86. The molecule has 24 heavy (non-hydrogen) atoms. The first-order chi connectivity index (χ1) is 11.6. The van der Waals surface area contributed by atoms with Crippen molar-refractivity contribution in [2.45, 2.75) is 18.6 Å². The van der Waals surface area contributed by atoms with Gasteiger partial charge in [0.1, 0.15) is 11.9 Å². The van der Waals surface area contributed by atoms with Crippen molar-refractivity contribution < 1.29 is 24.2 Å². The van der Waals surface area contributed by atoms with Crippen molar-refractivity contribution in [2.24, 2.45) is 0 Å². The SMILES string of the molecule is O=C(O)c1ccc(O[C@@H]2CCOC[C@H]2NC(=O)c2cc[nH]c2)cc1. The van der Waals surface area contributed by atoms with Gasteiger partial charge in [0.25, 0.3) is 5.91 Å². The normalized spacial score (nSPS) is 20.3. The first kappa shape index (κ1) is 16.1. The first-order valence-electron chi connectivity index (χ1n) is 7.65. The van der Waals surface area contributed by atoms with Gasteiger partial charge in [0, 0.05) is 18.8 Å². The molecule has 7 nitrogen and oxygen atoms in total. The van der Waals surface area contributed by atoms with Gasteiger partial charge in [0.2, 0.25) is 0 Å². The predicted octanol–water partition coefficient (Wildman–Crippen LogP) is 1.68. The molecule has 1 aliphatic rings. The lowest BCUT2D eigenvalue weighted by Gasteiger charge is -2.32. The summed E-state index contributed by atoms with van der Waals surface area (Å²) in [5.41, 5.74) is 0.747. The molecule has 0 radical (unpaired) electrons. The molecule has 0 saturated carbocycles. The van der Waals surface area contributed by atoms with Crippen LogP contribution in [0, 0.1) is 0 Å². The summed E-state index contributed by atoms with van der Waals surface area (Å²) in [6.07, 6.45) is 3.71. The van der Waals surface area contributed by atoms with E-state index in [-0.39, 0.29) is 23.6 Å². The molecule has 2 aromatic rings. The van der Waals surface area contributed by atoms with Gasteiger partial charge < -0.3 is 24.9 Å². The van der Waals surface area contributed by atoms with Gasteiger partial charge in [-0.05, 0) is 30.3 Å². The molecular formula is C17H18N2O5. The number of aromatic carboxylic acids is 1. The zero-order valence-electron chi connectivity index (χ0n) is 12.9. The number of carbonyl (C=O) groups is 2. The average molecular weight is 330 g/mol. The second-order valence-electron chi connectivity index (χ2n) is 5.53. The number of benzene rings is 1. The summed E-state index contributed by atoms with van der Waals surface area (Å²) in [5, 5.41) is 11.8. The molecule has 126 valence electrons. The van der Waals surface area contributed by atoms with Crippen LogP contribution in [-0.4, -0.2) is 47.3 Å². The Balaban J connectivity index is 1.65. The molecule has 0 unspecified atom stereocenters. The number of aromatic amines is 1. The van der Waals surface area contributed by atoms with Crippen LogP contribution in [0.5, 0.6) is 5.75 Å². The Morgan fingerprint density at radius 3 is 2.67 bits per heavy atom. The predicted molar refractivity (Wildman–Crippen MR) is 85.3 cm³/mol. The molecule has 1 aliphatic heterocycles. The second kappa shape index (κ2) is 7.18. The van der Waals surface area contributed by atoms with Crippen molar-refractivity contribution in [1.29, 1.82) is 0 Å². The number of carboxylic acids is 1. The quantitative estimate of drug-likeness (QED) is 0.774. The van der Waals surface area contributed by atoms with Gasteiger partial charge in [0.05, 0.1) is 30.4 Å². The summed E-state index contributed by atoms with van der Waals surface area (Å²) < 4.78 is 11.4. The molecule has 1 aromatic carbocycles. The molecule has 3 N–H and O–H groups in total. The monoisotopic (exact) mass is 330 g/mol. The van der Waals surface area contributed by atoms with Gasteiger partial charge >= 0.3 is 5.97 Å². The maximum atomic E-state index is 12.2. The van der Waals surface area contributed by atoms with Crippen LogP contribution in [0.4, 0.5) is 0 Å². The van der Waals surface area contributed by atoms with Crippen LogP contribution >= 0.6 is 0 Å². The Labute approximate surface area is 138 Å². The highest BCUT2D eigenvalue weighted by Gasteiger charge is 2.29. The van der Waals surface area contributed by atoms with E-state index in [9.17, 15) is 9.59 Å². The van der Waals surface area contributed by atoms with Crippen molar-refractivity contribution in [3.05, 3.63) is 53.9 Å². The first-order valence-corrected chi connectivity index (χ1v) is 7.65. The zero-order valence-corrected chi connectivity index (χ0v) is 12.9. The lowest BCUT2D eigenvalue weighted by molar-refractivity contribution is -0.00288. The van der Waals surface area contributed by atoms with Crippen molar-refractivity contribution in [1.82, 2.24) is 10.3 Å². The van der Waals surface area contributed by atoms with Crippen LogP contribution in [0.3, 0.4) is 0 Å². The standard InChI is InChI=1S/C17H18N2O5/c20-16(12-5-7-18-9-12)19-14-10-23-8-6-15(14)24-13-3-1-11(2-4-13)17(21)22/h1-5,7,9,14-15,18H,6,8,10H2,(H,19,20)(H,21,22)/t14-,15-/m1/s1. The third-order valence-electron chi connectivity index (χ3n) is 3.86. The summed E-state index contributed by atoms with van der Waals surface area (Å²) in [6.45, 7) is 0.919. The minimum atomic E-state index is -0.982. The minimum absolute atomic E-state index is 0.193. The summed E-state index contributed by atoms with van der Waals surface area (Å²) in [6, 6.07) is 7.63. The summed E-state index contributed by atoms with van der Waals surface area (Å²) in [4.78, 5) is 25.9. The minimum Gasteiger partial charge on any atom is -0.488 e. The fourth-order valence-corrected chi connectivity index (χ4v) is 2.56. The Morgan fingerprint density at radius 1 is 1.21 bits per heavy atom. The van der Waals surface area contributed by atoms with E-state index in [1.807, 2.05) is 0 Å². The molecule has 1 saturated heterocycles. The average Bonchev–Trinajstić information content (AvgIpc) is 3.12. The summed E-state index contributed by atoms with van der Waals surface area (Å²) >= 11 is 0. The molecular weight excluding hydrogens is 312 g/mol. The number of aromatic nitrogens is 1. The topological polar surface area (TPSA) is 101 Å². The van der Waals surface area contributed by atoms with Crippen molar-refractivity contribution >= 4 is 11.9 Å². The second-order valence-corrected chi connectivity index (χ2v) is 5.53. The Kier molecular flexibility index (Phi) is 4.81. The van der Waals surface area contributed by atoms with E-state index in [0.29, 0.717) is 30.9 Å². The lowest BCUT2D eigenvalue weighted by Crippen LogP contribution is -2.51. The van der Waals surface area contributed by atoms with E-state index in [1.54, 1.807) is 30.6 Å². The van der Waals surface area contributed by atoms with Gasteiger partial charge in [-0.2, -0.15) is 0 Å². The Bertz CT molecular complexity index is 696. The van der Waals surface area contributed by atoms with Gasteiger partial charge in [0.15, 0.2) is 0 Å². The number of hydrogen-bond acceptors (Lipinski definition) is 4.